The van der Waals surface area contributed by atoms with E-state index in [1.807, 2.05) is 5.06 Å². The molecule has 0 bridgehead atoms. The molecule has 4 heteroatoms. The summed E-state index contributed by atoms with van der Waals surface area (Å²) in [6.45, 7) is 1.41. The molecule has 0 spiro atoms. The van der Waals surface area contributed by atoms with Gasteiger partial charge in [-0.15, -0.1) is 0 Å². The second-order valence-corrected chi connectivity index (χ2v) is 6.69. The van der Waals surface area contributed by atoms with Crippen molar-refractivity contribution in [2.24, 2.45) is 5.92 Å². The molecule has 2 nitrogen and oxygen atoms in total. The summed E-state index contributed by atoms with van der Waals surface area (Å²) in [4.78, 5) is 5.35. The minimum absolute atomic E-state index is 0.274. The summed E-state index contributed by atoms with van der Waals surface area (Å²) >= 11 is 3.79. The molecule has 0 amide bonds. The van der Waals surface area contributed by atoms with E-state index in [2.05, 4.69) is 52.3 Å². The van der Waals surface area contributed by atoms with Crippen LogP contribution in [0.25, 0.3) is 10.8 Å². The lowest BCUT2D eigenvalue weighted by Crippen LogP contribution is -2.39. The molecule has 0 aliphatic carbocycles. The van der Waals surface area contributed by atoms with E-state index in [0.29, 0.717) is 12.3 Å². The van der Waals surface area contributed by atoms with Crippen LogP contribution in [0, 0.1) is 5.92 Å². The number of nitrogens with zero attached hydrogens (tertiary/aromatic N) is 1. The fourth-order valence-electron chi connectivity index (χ4n) is 3.54. The molecular weight excluding hydrogens is 345 g/mol. The number of hydrogen-bond donors (Lipinski definition) is 0. The first-order chi connectivity index (χ1) is 10.7. The van der Waals surface area contributed by atoms with Crippen LogP contribution in [0.1, 0.15) is 24.3 Å². The summed E-state index contributed by atoms with van der Waals surface area (Å²) in [6, 6.07) is 12.7. The van der Waals surface area contributed by atoms with Gasteiger partial charge < -0.3 is 4.84 Å². The average Bonchev–Trinajstić information content (AvgIpc) is 2.56. The van der Waals surface area contributed by atoms with Crippen LogP contribution in [-0.2, 0) is 4.84 Å². The van der Waals surface area contributed by atoms with Gasteiger partial charge >= 0.3 is 0 Å². The minimum atomic E-state index is -0.274. The van der Waals surface area contributed by atoms with E-state index in [1.165, 1.54) is 16.3 Å². The Balaban J connectivity index is 1.96. The van der Waals surface area contributed by atoms with Crippen LogP contribution >= 0.6 is 15.9 Å². The quantitative estimate of drug-likeness (QED) is 0.761. The van der Waals surface area contributed by atoms with Gasteiger partial charge in [-0.1, -0.05) is 36.4 Å². The van der Waals surface area contributed by atoms with Crippen molar-refractivity contribution in [1.29, 1.82) is 0 Å². The molecule has 2 unspecified atom stereocenters. The molecule has 118 valence electrons. The molecule has 3 rings (SSSR count). The molecular formula is C18H21BrFNO. The van der Waals surface area contributed by atoms with Gasteiger partial charge in [0.1, 0.15) is 0 Å². The Morgan fingerprint density at radius 1 is 1.27 bits per heavy atom. The van der Waals surface area contributed by atoms with E-state index in [9.17, 15) is 4.39 Å². The van der Waals surface area contributed by atoms with Gasteiger partial charge in [-0.05, 0) is 56.9 Å². The maximum atomic E-state index is 13.0. The molecule has 1 aliphatic rings. The van der Waals surface area contributed by atoms with E-state index in [1.54, 1.807) is 7.11 Å². The van der Waals surface area contributed by atoms with Gasteiger partial charge in [-0.2, -0.15) is 5.06 Å². The molecule has 0 saturated carbocycles. The van der Waals surface area contributed by atoms with Gasteiger partial charge in [-0.3, -0.25) is 4.39 Å². The lowest BCUT2D eigenvalue weighted by Gasteiger charge is -2.37. The van der Waals surface area contributed by atoms with Crippen LogP contribution in [0.15, 0.2) is 40.9 Å². The highest BCUT2D eigenvalue weighted by atomic mass is 79.9. The predicted octanol–water partition coefficient (Wildman–Crippen LogP) is 4.93. The van der Waals surface area contributed by atoms with Crippen molar-refractivity contribution in [1.82, 2.24) is 5.06 Å². The number of alkyl halides is 1. The molecule has 1 heterocycles. The smallest absolute Gasteiger partial charge is 0.0897 e. The number of fused-ring (bicyclic) bond motifs is 1. The summed E-state index contributed by atoms with van der Waals surface area (Å²) in [5.41, 5.74) is 1.30. The van der Waals surface area contributed by atoms with Gasteiger partial charge in [0.15, 0.2) is 0 Å². The normalized spacial score (nSPS) is 23.0. The van der Waals surface area contributed by atoms with Gasteiger partial charge in [-0.25, -0.2) is 0 Å². The van der Waals surface area contributed by atoms with Gasteiger partial charge in [0.05, 0.1) is 13.8 Å². The lowest BCUT2D eigenvalue weighted by atomic mass is 9.79. The molecule has 1 fully saturated rings. The zero-order valence-corrected chi connectivity index (χ0v) is 14.4. The second kappa shape index (κ2) is 7.07. The Labute approximate surface area is 139 Å². The highest BCUT2D eigenvalue weighted by Crippen LogP contribution is 2.41. The average molecular weight is 366 g/mol. The Bertz CT molecular complexity index is 648. The summed E-state index contributed by atoms with van der Waals surface area (Å²) in [5.74, 6) is 0.664. The first kappa shape index (κ1) is 15.9. The zero-order chi connectivity index (χ0) is 15.5. The highest BCUT2D eigenvalue weighted by molar-refractivity contribution is 9.10. The lowest BCUT2D eigenvalue weighted by molar-refractivity contribution is -0.157. The molecule has 22 heavy (non-hydrogen) atoms. The molecule has 1 saturated heterocycles. The van der Waals surface area contributed by atoms with Crippen molar-refractivity contribution in [3.63, 3.8) is 0 Å². The Hall–Kier alpha value is -0.970. The summed E-state index contributed by atoms with van der Waals surface area (Å²) < 4.78 is 14.1. The summed E-state index contributed by atoms with van der Waals surface area (Å²) in [6.07, 6.45) is 1.58. The first-order valence-corrected chi connectivity index (χ1v) is 8.56. The third-order valence-electron chi connectivity index (χ3n) is 4.73. The maximum Gasteiger partial charge on any atom is 0.0897 e. The third-order valence-corrected chi connectivity index (χ3v) is 5.61. The minimum Gasteiger partial charge on any atom is -0.302 e. The largest absolute Gasteiger partial charge is 0.302 e. The van der Waals surface area contributed by atoms with E-state index in [4.69, 9.17) is 4.84 Å². The second-order valence-electron chi connectivity index (χ2n) is 5.89. The van der Waals surface area contributed by atoms with Gasteiger partial charge in [0, 0.05) is 17.6 Å². The number of halogens is 2. The topological polar surface area (TPSA) is 12.5 Å². The van der Waals surface area contributed by atoms with E-state index in [-0.39, 0.29) is 12.6 Å². The van der Waals surface area contributed by atoms with Crippen LogP contribution in [0.5, 0.6) is 0 Å². The third kappa shape index (κ3) is 3.05. The predicted molar refractivity (Wildman–Crippen MR) is 91.7 cm³/mol. The Morgan fingerprint density at radius 2 is 2.09 bits per heavy atom. The standard InChI is InChI=1S/C18H21BrFNO/c1-22-21-11-9-15(14(12-21)8-10-20)17-7-6-13-4-2-3-5-16(13)18(17)19/h2-7,14-15H,8-12H2,1H3. The molecule has 0 N–H and O–H groups in total. The highest BCUT2D eigenvalue weighted by Gasteiger charge is 2.31. The monoisotopic (exact) mass is 365 g/mol. The number of hydroxylamine groups is 2. The number of rotatable bonds is 4. The van der Waals surface area contributed by atoms with Crippen molar-refractivity contribution < 1.29 is 9.23 Å². The summed E-state index contributed by atoms with van der Waals surface area (Å²) in [5, 5.41) is 4.41. The van der Waals surface area contributed by atoms with Crippen molar-refractivity contribution >= 4 is 26.7 Å². The first-order valence-electron chi connectivity index (χ1n) is 7.76. The number of benzene rings is 2. The number of hydrogen-bond acceptors (Lipinski definition) is 2. The molecule has 0 aromatic heterocycles. The zero-order valence-electron chi connectivity index (χ0n) is 12.8. The molecule has 2 aromatic rings. The van der Waals surface area contributed by atoms with E-state index < -0.39 is 0 Å². The molecule has 1 aliphatic heterocycles. The van der Waals surface area contributed by atoms with Crippen LogP contribution in [0.3, 0.4) is 0 Å². The maximum absolute atomic E-state index is 13.0. The fourth-order valence-corrected chi connectivity index (χ4v) is 4.33. The fraction of sp³-hybridized carbons (Fsp3) is 0.444. The van der Waals surface area contributed by atoms with Crippen LogP contribution < -0.4 is 0 Å². The van der Waals surface area contributed by atoms with Crippen LogP contribution in [-0.4, -0.2) is 31.9 Å². The molecule has 2 atom stereocenters. The van der Waals surface area contributed by atoms with Gasteiger partial charge in [0.25, 0.3) is 0 Å². The van der Waals surface area contributed by atoms with Crippen molar-refractivity contribution in [3.05, 3.63) is 46.4 Å². The van der Waals surface area contributed by atoms with Crippen LogP contribution in [0.4, 0.5) is 4.39 Å². The van der Waals surface area contributed by atoms with Crippen molar-refractivity contribution in [2.45, 2.75) is 18.8 Å². The molecule has 0 radical (unpaired) electrons. The summed E-state index contributed by atoms with van der Waals surface area (Å²) in [7, 11) is 1.69. The molecule has 2 aromatic carbocycles. The Morgan fingerprint density at radius 3 is 2.86 bits per heavy atom. The van der Waals surface area contributed by atoms with E-state index >= 15 is 0 Å². The van der Waals surface area contributed by atoms with Crippen molar-refractivity contribution in [3.8, 4) is 0 Å². The Kier molecular flexibility index (Phi) is 5.11. The number of piperidine rings is 1. The van der Waals surface area contributed by atoms with Crippen molar-refractivity contribution in [2.75, 3.05) is 26.9 Å². The van der Waals surface area contributed by atoms with Crippen LogP contribution in [0.2, 0.25) is 0 Å². The van der Waals surface area contributed by atoms with Gasteiger partial charge in [0.2, 0.25) is 0 Å². The SMILES string of the molecule is CON1CCC(c2ccc3ccccc3c2Br)C(CCF)C1. The van der Waals surface area contributed by atoms with E-state index in [0.717, 1.165) is 24.0 Å².